The number of benzene rings is 1. The number of carboxylic acid groups (broad SMARTS) is 1. The van der Waals surface area contributed by atoms with E-state index in [0.29, 0.717) is 57.7 Å². The van der Waals surface area contributed by atoms with Crippen LogP contribution in [0.15, 0.2) is 55.0 Å². The molecule has 266 valence electrons. The molecule has 13 heteroatoms. The number of aliphatic carboxylic acids is 1. The fourth-order valence-corrected chi connectivity index (χ4v) is 6.38. The van der Waals surface area contributed by atoms with Crippen molar-refractivity contribution in [2.24, 2.45) is 7.05 Å². The van der Waals surface area contributed by atoms with Crippen molar-refractivity contribution < 1.29 is 37.3 Å². The smallest absolute Gasteiger partial charge is 0.434 e. The molecule has 0 spiro atoms. The molecule has 6 heterocycles. The number of ether oxygens (including phenoxy) is 1. The highest BCUT2D eigenvalue weighted by molar-refractivity contribution is 6.01. The lowest BCUT2D eigenvalue weighted by Gasteiger charge is -2.23. The van der Waals surface area contributed by atoms with Gasteiger partial charge in [-0.1, -0.05) is 0 Å². The minimum absolute atomic E-state index is 0.134. The highest BCUT2D eigenvalue weighted by Gasteiger charge is 2.34. The standard InChI is InChI=1S/C34H27F4N5O3.C4H10O/c1-17-21-5-4-10-46-32(21)25(35)13-22(17)31-23(15-30(44)45)18(2)40-33-24(31)14-27(42(33)3)20-6-8-39-26(11-20)19-7-9-43-16-28(34(36,37)38)41-29(43)12-19;1-4(2,3)5/h6-9,11-14,16H,4-5,10,15H2,1-3H3,(H,44,45);5H,1-3H3. The second-order valence-corrected chi connectivity index (χ2v) is 13.6. The molecule has 0 saturated heterocycles. The van der Waals surface area contributed by atoms with E-state index < -0.39 is 29.3 Å². The minimum atomic E-state index is -4.56. The number of pyridine rings is 3. The lowest BCUT2D eigenvalue weighted by atomic mass is 9.87. The quantitative estimate of drug-likeness (QED) is 0.174. The number of aliphatic hydroxyl groups is 1. The molecular weight excluding hydrogens is 666 g/mol. The van der Waals surface area contributed by atoms with Gasteiger partial charge in [0.1, 0.15) is 11.3 Å². The molecule has 2 N–H and O–H groups in total. The Morgan fingerprint density at radius 1 is 1.04 bits per heavy atom. The molecule has 0 unspecified atom stereocenters. The van der Waals surface area contributed by atoms with Gasteiger partial charge >= 0.3 is 12.1 Å². The first-order valence-corrected chi connectivity index (χ1v) is 16.3. The van der Waals surface area contributed by atoms with E-state index in [4.69, 9.17) is 14.8 Å². The Morgan fingerprint density at radius 3 is 2.45 bits per heavy atom. The average molecular weight is 704 g/mol. The van der Waals surface area contributed by atoms with Crippen molar-refractivity contribution in [3.63, 3.8) is 0 Å². The molecule has 1 aliphatic rings. The van der Waals surface area contributed by atoms with Gasteiger partial charge < -0.3 is 23.9 Å². The first-order valence-electron chi connectivity index (χ1n) is 16.3. The Balaban J connectivity index is 0.000000839. The van der Waals surface area contributed by atoms with Crippen LogP contribution in [0.3, 0.4) is 0 Å². The number of aryl methyl sites for hydroxylation is 2. The van der Waals surface area contributed by atoms with Crippen molar-refractivity contribution in [2.75, 3.05) is 6.61 Å². The van der Waals surface area contributed by atoms with E-state index in [-0.39, 0.29) is 17.8 Å². The Hall–Kier alpha value is -5.30. The van der Waals surface area contributed by atoms with Gasteiger partial charge in [-0.3, -0.25) is 9.78 Å². The number of alkyl halides is 3. The number of hydrogen-bond donors (Lipinski definition) is 2. The number of halogens is 4. The normalized spacial score (nSPS) is 13.2. The van der Waals surface area contributed by atoms with E-state index in [9.17, 15) is 23.1 Å². The van der Waals surface area contributed by atoms with Crippen LogP contribution in [0, 0.1) is 19.7 Å². The van der Waals surface area contributed by atoms with Crippen molar-refractivity contribution in [1.82, 2.24) is 23.9 Å². The molecule has 0 atom stereocenters. The van der Waals surface area contributed by atoms with Crippen LogP contribution in [-0.4, -0.2) is 52.3 Å². The summed E-state index contributed by atoms with van der Waals surface area (Å²) in [5.41, 5.74) is 5.63. The zero-order valence-corrected chi connectivity index (χ0v) is 29.0. The van der Waals surface area contributed by atoms with Crippen molar-refractivity contribution >= 4 is 22.6 Å². The number of nitrogens with zero attached hydrogens (tertiary/aromatic N) is 5. The topological polar surface area (TPSA) is 115 Å². The summed E-state index contributed by atoms with van der Waals surface area (Å²) in [5.74, 6) is -1.28. The van der Waals surface area contributed by atoms with E-state index in [2.05, 4.69) is 9.97 Å². The van der Waals surface area contributed by atoms with Crippen molar-refractivity contribution in [1.29, 1.82) is 0 Å². The van der Waals surface area contributed by atoms with Crippen LogP contribution < -0.4 is 4.74 Å². The first-order chi connectivity index (χ1) is 23.9. The van der Waals surface area contributed by atoms with Crippen LogP contribution in [0.1, 0.15) is 55.3 Å². The summed E-state index contributed by atoms with van der Waals surface area (Å²) in [6, 6.07) is 10.2. The lowest BCUT2D eigenvalue weighted by Crippen LogP contribution is -2.13. The van der Waals surface area contributed by atoms with Crippen LogP contribution in [0.5, 0.6) is 5.75 Å². The van der Waals surface area contributed by atoms with Gasteiger partial charge in [0.05, 0.1) is 30.0 Å². The summed E-state index contributed by atoms with van der Waals surface area (Å²) in [6.45, 7) is 9.32. The number of rotatable bonds is 5. The van der Waals surface area contributed by atoms with Crippen molar-refractivity contribution in [3.8, 4) is 39.4 Å². The second-order valence-electron chi connectivity index (χ2n) is 13.6. The summed E-state index contributed by atoms with van der Waals surface area (Å²) in [7, 11) is 1.84. The maximum absolute atomic E-state index is 15.5. The fraction of sp³-hybridized carbons (Fsp3) is 0.316. The fourth-order valence-electron chi connectivity index (χ4n) is 6.38. The number of carboxylic acids is 1. The molecule has 0 bridgehead atoms. The largest absolute Gasteiger partial charge is 0.490 e. The zero-order chi connectivity index (χ0) is 37.0. The SMILES string of the molecule is CC(C)(C)O.Cc1nc2c(cc(-c3ccnc(-c4ccn5cc(C(F)(F)F)nc5c4)c3)n2C)c(-c2cc(F)c3c(c2C)CCCO3)c1CC(=O)O. The molecule has 0 saturated carbocycles. The van der Waals surface area contributed by atoms with Crippen molar-refractivity contribution in [3.05, 3.63) is 88.9 Å². The third-order valence-corrected chi connectivity index (χ3v) is 8.62. The molecule has 7 rings (SSSR count). The van der Waals surface area contributed by atoms with Gasteiger partial charge in [0.15, 0.2) is 17.3 Å². The number of aromatic nitrogens is 5. The molecule has 51 heavy (non-hydrogen) atoms. The van der Waals surface area contributed by atoms with E-state index in [1.54, 1.807) is 52.1 Å². The number of fused-ring (bicyclic) bond motifs is 3. The zero-order valence-electron chi connectivity index (χ0n) is 29.0. The van der Waals surface area contributed by atoms with Crippen LogP contribution in [0.4, 0.5) is 17.6 Å². The molecule has 0 radical (unpaired) electrons. The summed E-state index contributed by atoms with van der Waals surface area (Å²) in [6.07, 6.45) is 0.590. The van der Waals surface area contributed by atoms with Crippen molar-refractivity contribution in [2.45, 2.75) is 65.7 Å². The van der Waals surface area contributed by atoms with Crippen LogP contribution in [0.25, 0.3) is 50.3 Å². The first kappa shape index (κ1) is 35.5. The highest BCUT2D eigenvalue weighted by Crippen LogP contribution is 2.43. The van der Waals surface area contributed by atoms with Crippen LogP contribution in [-0.2, 0) is 30.9 Å². The molecule has 0 fully saturated rings. The van der Waals surface area contributed by atoms with Gasteiger partial charge in [-0.05, 0) is 106 Å². The summed E-state index contributed by atoms with van der Waals surface area (Å²) in [4.78, 5) is 25.0. The number of imidazole rings is 1. The van der Waals surface area contributed by atoms with Gasteiger partial charge in [0.2, 0.25) is 0 Å². The third-order valence-electron chi connectivity index (χ3n) is 8.62. The Bertz CT molecular complexity index is 2310. The highest BCUT2D eigenvalue weighted by atomic mass is 19.4. The van der Waals surface area contributed by atoms with Gasteiger partial charge in [-0.15, -0.1) is 0 Å². The molecule has 1 aliphatic heterocycles. The monoisotopic (exact) mass is 703 g/mol. The van der Waals surface area contributed by atoms with E-state index in [0.717, 1.165) is 35.0 Å². The molecular formula is C38H37F4N5O4. The Kier molecular flexibility index (Phi) is 9.13. The average Bonchev–Trinajstić information content (AvgIpc) is 3.63. The maximum Gasteiger partial charge on any atom is 0.434 e. The summed E-state index contributed by atoms with van der Waals surface area (Å²) < 4.78 is 64.0. The summed E-state index contributed by atoms with van der Waals surface area (Å²) >= 11 is 0. The maximum atomic E-state index is 15.5. The Labute approximate surface area is 291 Å². The van der Waals surface area contributed by atoms with Crippen LogP contribution >= 0.6 is 0 Å². The third kappa shape index (κ3) is 7.16. The summed E-state index contributed by atoms with van der Waals surface area (Å²) in [5, 5.41) is 19.0. The van der Waals surface area contributed by atoms with E-state index in [1.807, 2.05) is 30.7 Å². The van der Waals surface area contributed by atoms with Gasteiger partial charge in [0, 0.05) is 53.4 Å². The predicted molar refractivity (Wildman–Crippen MR) is 185 cm³/mol. The van der Waals surface area contributed by atoms with Gasteiger partial charge in [-0.25, -0.2) is 14.4 Å². The lowest BCUT2D eigenvalue weighted by molar-refractivity contribution is -0.141. The second kappa shape index (κ2) is 13.1. The van der Waals surface area contributed by atoms with Crippen LogP contribution in [0.2, 0.25) is 0 Å². The molecule has 0 aliphatic carbocycles. The minimum Gasteiger partial charge on any atom is -0.490 e. The van der Waals surface area contributed by atoms with E-state index >= 15 is 4.39 Å². The van der Waals surface area contributed by atoms with E-state index in [1.165, 1.54) is 16.7 Å². The molecule has 5 aromatic heterocycles. The number of hydrogen-bond acceptors (Lipinski definition) is 6. The molecule has 6 aromatic rings. The Morgan fingerprint density at radius 2 is 1.76 bits per heavy atom. The molecule has 0 amide bonds. The predicted octanol–water partition coefficient (Wildman–Crippen LogP) is 8.12. The molecule has 9 nitrogen and oxygen atoms in total. The number of carbonyl (C=O) groups is 1. The van der Waals surface area contributed by atoms with Gasteiger partial charge in [0.25, 0.3) is 0 Å². The van der Waals surface area contributed by atoms with Gasteiger partial charge in [-0.2, -0.15) is 13.2 Å². The molecule has 1 aromatic carbocycles.